The molecule has 0 radical (unpaired) electrons. The molecule has 2 heteroatoms. The lowest BCUT2D eigenvalue weighted by Gasteiger charge is -2.28. The number of ether oxygens (including phenoxy) is 1. The minimum absolute atomic E-state index is 0.694. The van der Waals surface area contributed by atoms with E-state index in [0.29, 0.717) is 5.92 Å². The zero-order chi connectivity index (χ0) is 11.7. The Morgan fingerprint density at radius 3 is 3.18 bits per heavy atom. The van der Waals surface area contributed by atoms with Gasteiger partial charge >= 0.3 is 0 Å². The van der Waals surface area contributed by atoms with Crippen LogP contribution in [-0.2, 0) is 6.42 Å². The van der Waals surface area contributed by atoms with E-state index in [0.717, 1.165) is 18.4 Å². The predicted molar refractivity (Wildman–Crippen MR) is 69.5 cm³/mol. The number of hydrogen-bond donors (Lipinski definition) is 1. The van der Waals surface area contributed by atoms with E-state index in [2.05, 4.69) is 30.4 Å². The summed E-state index contributed by atoms with van der Waals surface area (Å²) in [6.07, 6.45) is 5.15. The van der Waals surface area contributed by atoms with Gasteiger partial charge in [0, 0.05) is 6.04 Å². The highest BCUT2D eigenvalue weighted by Crippen LogP contribution is 2.32. The molecule has 1 fully saturated rings. The molecule has 0 amide bonds. The molecule has 1 aromatic rings. The molecule has 2 nitrogen and oxygen atoms in total. The fraction of sp³-hybridized carbons (Fsp3) is 0.600. The van der Waals surface area contributed by atoms with E-state index in [1.54, 1.807) is 0 Å². The maximum absolute atomic E-state index is 5.95. The maximum Gasteiger partial charge on any atom is 0.125 e. The van der Waals surface area contributed by atoms with Crippen LogP contribution in [0.5, 0.6) is 5.75 Å². The molecule has 0 spiro atoms. The molecule has 2 unspecified atom stereocenters. The third-order valence-corrected chi connectivity index (χ3v) is 4.05. The third-order valence-electron chi connectivity index (χ3n) is 4.05. The largest absolute Gasteiger partial charge is 0.493 e. The van der Waals surface area contributed by atoms with Crippen molar-refractivity contribution < 1.29 is 4.74 Å². The Morgan fingerprint density at radius 1 is 1.41 bits per heavy atom. The van der Waals surface area contributed by atoms with Crippen molar-refractivity contribution in [3.63, 3.8) is 0 Å². The predicted octanol–water partition coefficient (Wildman–Crippen LogP) is 2.69. The molecule has 0 aliphatic carbocycles. The number of nitrogens with one attached hydrogen (secondary N) is 1. The smallest absolute Gasteiger partial charge is 0.125 e. The highest BCUT2D eigenvalue weighted by atomic mass is 16.5. The van der Waals surface area contributed by atoms with Gasteiger partial charge in [0.05, 0.1) is 6.61 Å². The first-order chi connectivity index (χ1) is 8.33. The molecule has 92 valence electrons. The highest BCUT2D eigenvalue weighted by Gasteiger charge is 2.25. The van der Waals surface area contributed by atoms with Crippen molar-refractivity contribution in [1.29, 1.82) is 0 Å². The van der Waals surface area contributed by atoms with E-state index < -0.39 is 0 Å². The Balaban J connectivity index is 1.68. The first-order valence-corrected chi connectivity index (χ1v) is 6.77. The van der Waals surface area contributed by atoms with Crippen molar-refractivity contribution in [1.82, 2.24) is 5.32 Å². The first-order valence-electron chi connectivity index (χ1n) is 6.77. The van der Waals surface area contributed by atoms with Crippen LogP contribution in [0, 0.1) is 12.8 Å². The van der Waals surface area contributed by atoms with E-state index in [1.807, 2.05) is 0 Å². The Bertz CT molecular complexity index is 396. The van der Waals surface area contributed by atoms with Crippen LogP contribution in [0.3, 0.4) is 0 Å². The summed E-state index contributed by atoms with van der Waals surface area (Å²) in [7, 11) is 0. The number of aryl methyl sites for hydroxylation is 1. The summed E-state index contributed by atoms with van der Waals surface area (Å²) in [6.45, 7) is 4.24. The fourth-order valence-corrected chi connectivity index (χ4v) is 3.16. The van der Waals surface area contributed by atoms with Gasteiger partial charge < -0.3 is 10.1 Å². The molecule has 2 atom stereocenters. The number of hydrogen-bond acceptors (Lipinski definition) is 2. The van der Waals surface area contributed by atoms with Crippen LogP contribution in [-0.4, -0.2) is 19.2 Å². The summed E-state index contributed by atoms with van der Waals surface area (Å²) in [5.74, 6) is 1.84. The van der Waals surface area contributed by atoms with Crippen molar-refractivity contribution in [2.75, 3.05) is 13.2 Å². The quantitative estimate of drug-likeness (QED) is 0.845. The summed E-state index contributed by atoms with van der Waals surface area (Å²) in [5, 5.41) is 3.58. The van der Waals surface area contributed by atoms with Gasteiger partial charge in [-0.05, 0) is 56.2 Å². The second-order valence-electron chi connectivity index (χ2n) is 5.47. The molecule has 1 saturated heterocycles. The number of rotatable bonds is 2. The van der Waals surface area contributed by atoms with Crippen molar-refractivity contribution in [3.8, 4) is 5.75 Å². The van der Waals surface area contributed by atoms with Crippen LogP contribution in [0.2, 0.25) is 0 Å². The minimum Gasteiger partial charge on any atom is -0.493 e. The van der Waals surface area contributed by atoms with Gasteiger partial charge in [-0.15, -0.1) is 0 Å². The van der Waals surface area contributed by atoms with Crippen LogP contribution in [0.15, 0.2) is 18.2 Å². The van der Waals surface area contributed by atoms with Gasteiger partial charge in [0.1, 0.15) is 5.75 Å². The van der Waals surface area contributed by atoms with Crippen LogP contribution in [0.4, 0.5) is 0 Å². The van der Waals surface area contributed by atoms with E-state index in [9.17, 15) is 0 Å². The van der Waals surface area contributed by atoms with Gasteiger partial charge in [0.15, 0.2) is 0 Å². The summed E-state index contributed by atoms with van der Waals surface area (Å²) in [4.78, 5) is 0. The van der Waals surface area contributed by atoms with Crippen LogP contribution >= 0.6 is 0 Å². The Hall–Kier alpha value is -1.02. The van der Waals surface area contributed by atoms with Crippen LogP contribution < -0.4 is 10.1 Å². The molecular weight excluding hydrogens is 210 g/mol. The SMILES string of the molecule is Cc1cccc2c1OCC(CC1CCCN1)C2. The van der Waals surface area contributed by atoms with Gasteiger partial charge in [0.25, 0.3) is 0 Å². The summed E-state index contributed by atoms with van der Waals surface area (Å²) >= 11 is 0. The average Bonchev–Trinajstić information content (AvgIpc) is 2.82. The molecule has 3 rings (SSSR count). The second kappa shape index (κ2) is 4.69. The monoisotopic (exact) mass is 231 g/mol. The summed E-state index contributed by atoms with van der Waals surface area (Å²) in [6, 6.07) is 7.23. The average molecular weight is 231 g/mol. The van der Waals surface area contributed by atoms with E-state index in [-0.39, 0.29) is 0 Å². The second-order valence-corrected chi connectivity index (χ2v) is 5.47. The van der Waals surface area contributed by atoms with E-state index in [4.69, 9.17) is 4.74 Å². The normalized spacial score (nSPS) is 27.6. The molecule has 0 bridgehead atoms. The van der Waals surface area contributed by atoms with Crippen LogP contribution in [0.25, 0.3) is 0 Å². The maximum atomic E-state index is 5.95. The summed E-state index contributed by atoms with van der Waals surface area (Å²) in [5.41, 5.74) is 2.68. The Kier molecular flexibility index (Phi) is 3.06. The molecule has 1 N–H and O–H groups in total. The van der Waals surface area contributed by atoms with Gasteiger partial charge in [-0.2, -0.15) is 0 Å². The lowest BCUT2D eigenvalue weighted by atomic mass is 9.90. The van der Waals surface area contributed by atoms with Crippen molar-refractivity contribution >= 4 is 0 Å². The molecular formula is C15H21NO. The van der Waals surface area contributed by atoms with Gasteiger partial charge in [-0.25, -0.2) is 0 Å². The zero-order valence-electron chi connectivity index (χ0n) is 10.5. The zero-order valence-corrected chi connectivity index (χ0v) is 10.5. The van der Waals surface area contributed by atoms with Gasteiger partial charge in [-0.1, -0.05) is 18.2 Å². The highest BCUT2D eigenvalue weighted by molar-refractivity contribution is 5.42. The lowest BCUT2D eigenvalue weighted by molar-refractivity contribution is 0.203. The topological polar surface area (TPSA) is 21.3 Å². The Morgan fingerprint density at radius 2 is 2.35 bits per heavy atom. The molecule has 0 saturated carbocycles. The number of para-hydroxylation sites is 1. The van der Waals surface area contributed by atoms with Crippen molar-refractivity contribution in [2.45, 2.75) is 38.6 Å². The molecule has 2 heterocycles. The van der Waals surface area contributed by atoms with Crippen LogP contribution in [0.1, 0.15) is 30.4 Å². The van der Waals surface area contributed by atoms with Crippen molar-refractivity contribution in [2.24, 2.45) is 5.92 Å². The molecule has 0 aromatic heterocycles. The minimum atomic E-state index is 0.694. The van der Waals surface area contributed by atoms with E-state index in [1.165, 1.54) is 43.4 Å². The number of fused-ring (bicyclic) bond motifs is 1. The molecule has 17 heavy (non-hydrogen) atoms. The molecule has 1 aromatic carbocycles. The Labute approximate surface area is 103 Å². The fourth-order valence-electron chi connectivity index (χ4n) is 3.16. The van der Waals surface area contributed by atoms with Gasteiger partial charge in [0.2, 0.25) is 0 Å². The number of benzene rings is 1. The summed E-state index contributed by atoms with van der Waals surface area (Å²) < 4.78 is 5.95. The van der Waals surface area contributed by atoms with E-state index >= 15 is 0 Å². The molecule has 2 aliphatic rings. The lowest BCUT2D eigenvalue weighted by Crippen LogP contribution is -2.30. The van der Waals surface area contributed by atoms with Gasteiger partial charge in [-0.3, -0.25) is 0 Å². The van der Waals surface area contributed by atoms with Crippen molar-refractivity contribution in [3.05, 3.63) is 29.3 Å². The standard InChI is InChI=1S/C15H21NO/c1-11-4-2-5-13-8-12(10-17-15(11)13)9-14-6-3-7-16-14/h2,4-5,12,14,16H,3,6-10H2,1H3. The molecule has 2 aliphatic heterocycles. The first kappa shape index (κ1) is 11.1. The third kappa shape index (κ3) is 2.32.